The third-order valence-corrected chi connectivity index (χ3v) is 19.5. The van der Waals surface area contributed by atoms with Gasteiger partial charge in [-0.2, -0.15) is 0 Å². The Morgan fingerprint density at radius 1 is 0.418 bits per heavy atom. The number of aryl methyl sites for hydroxylation is 1. The molecule has 2 unspecified atom stereocenters. The summed E-state index contributed by atoms with van der Waals surface area (Å²) in [5.74, 6) is 0. The molecule has 0 spiro atoms. The van der Waals surface area contributed by atoms with Gasteiger partial charge < -0.3 is 14.7 Å². The van der Waals surface area contributed by atoms with Gasteiger partial charge >= 0.3 is 0 Å². The summed E-state index contributed by atoms with van der Waals surface area (Å²) in [6.45, 7) is 38.6. The quantitative estimate of drug-likeness (QED) is 0.159. The van der Waals surface area contributed by atoms with E-state index < -0.39 is 0 Å². The van der Waals surface area contributed by atoms with Crippen LogP contribution in [0.15, 0.2) is 158 Å². The molecule has 13 rings (SSSR count). The third kappa shape index (κ3) is 8.03. The minimum atomic E-state index is -0.154. The topological polar surface area (TPSA) is 9.72 Å². The fraction of sp³-hybridized carbons (Fsp3) is 0.360. The van der Waals surface area contributed by atoms with E-state index in [4.69, 9.17) is 0 Å². The van der Waals surface area contributed by atoms with Crippen molar-refractivity contribution in [3.63, 3.8) is 0 Å². The van der Waals surface area contributed by atoms with Gasteiger partial charge in [0.1, 0.15) is 0 Å². The molecule has 79 heavy (non-hydrogen) atoms. The summed E-state index contributed by atoms with van der Waals surface area (Å²) in [6, 6.07) is 62.5. The van der Waals surface area contributed by atoms with Crippen molar-refractivity contribution in [2.75, 3.05) is 14.7 Å². The first-order valence-corrected chi connectivity index (χ1v) is 29.5. The van der Waals surface area contributed by atoms with Crippen LogP contribution in [-0.2, 0) is 34.5 Å². The van der Waals surface area contributed by atoms with E-state index >= 15 is 0 Å². The van der Waals surface area contributed by atoms with Crippen LogP contribution in [-0.4, -0.2) is 12.3 Å². The van der Waals surface area contributed by atoms with E-state index in [1.807, 2.05) is 0 Å². The van der Waals surface area contributed by atoms with Crippen LogP contribution >= 0.6 is 0 Å². The molecule has 0 saturated heterocycles. The van der Waals surface area contributed by atoms with Crippen LogP contribution in [0.5, 0.6) is 0 Å². The molecule has 8 aromatic carbocycles. The predicted octanol–water partition coefficient (Wildman–Crippen LogP) is 18.4. The molecule has 3 nitrogen and oxygen atoms in total. The zero-order valence-electron chi connectivity index (χ0n) is 50.3. The van der Waals surface area contributed by atoms with Gasteiger partial charge in [0.05, 0.1) is 16.9 Å². The van der Waals surface area contributed by atoms with E-state index in [-0.39, 0.29) is 44.7 Å². The summed E-state index contributed by atoms with van der Waals surface area (Å²) in [5, 5.41) is 0. The molecule has 400 valence electrons. The molecule has 0 bridgehead atoms. The van der Waals surface area contributed by atoms with Gasteiger partial charge in [0.25, 0.3) is 6.71 Å². The molecule has 0 aromatic heterocycles. The Kier molecular flexibility index (Phi) is 11.2. The van der Waals surface area contributed by atoms with E-state index in [9.17, 15) is 0 Å². The zero-order valence-corrected chi connectivity index (χ0v) is 50.3. The number of fused-ring (bicyclic) bond motifs is 8. The Labute approximate surface area is 474 Å². The van der Waals surface area contributed by atoms with Crippen molar-refractivity contribution in [2.45, 2.75) is 164 Å². The van der Waals surface area contributed by atoms with E-state index in [0.717, 1.165) is 25.7 Å². The van der Waals surface area contributed by atoms with Crippen LogP contribution in [0.2, 0.25) is 0 Å². The molecule has 1 fully saturated rings. The lowest BCUT2D eigenvalue weighted by molar-refractivity contribution is 0.330. The van der Waals surface area contributed by atoms with E-state index in [1.165, 1.54) is 123 Å². The van der Waals surface area contributed by atoms with Crippen molar-refractivity contribution in [1.82, 2.24) is 0 Å². The standard InChI is InChI=1S/C75H82BN3/c1-47-35-66-68-67(36-47)78(62-33-28-53(70(5,6)7)40-57(62)49-25-21-18-22-26-49)65-42-55(79-63-34-29-54(71(8,9)10)41-58(63)74(15)45-73(13,14)46-75(74,79)16)30-31-59(65)76(68)60-37-50-43-72(11,12)44-51(50)38-64(60)77(66)61-32-27-52(69(2,3)4)39-56(61)48-23-19-17-20-24-48/h17-42H,43-46H2,1-16H3. The molecule has 8 aromatic rings. The van der Waals surface area contributed by atoms with Gasteiger partial charge in [0.15, 0.2) is 0 Å². The first-order chi connectivity index (χ1) is 37.1. The van der Waals surface area contributed by atoms with Crippen LogP contribution in [0.25, 0.3) is 22.3 Å². The molecular weight excluding hydrogens is 954 g/mol. The average molecular weight is 1040 g/mol. The molecule has 2 atom stereocenters. The summed E-state index contributed by atoms with van der Waals surface area (Å²) in [6.07, 6.45) is 4.38. The Balaban J connectivity index is 1.13. The van der Waals surface area contributed by atoms with Crippen molar-refractivity contribution in [3.8, 4) is 22.3 Å². The van der Waals surface area contributed by atoms with E-state index in [0.29, 0.717) is 0 Å². The van der Waals surface area contributed by atoms with Crippen LogP contribution < -0.4 is 31.1 Å². The number of hydrogen-bond donors (Lipinski definition) is 0. The maximum Gasteiger partial charge on any atom is 0.252 e. The lowest BCUT2D eigenvalue weighted by Crippen LogP contribution is -2.61. The summed E-state index contributed by atoms with van der Waals surface area (Å²) in [5.41, 5.74) is 29.1. The fourth-order valence-corrected chi connectivity index (χ4v) is 15.8. The maximum atomic E-state index is 2.80. The largest absolute Gasteiger partial charge is 0.334 e. The molecule has 0 N–H and O–H groups in total. The Hall–Kier alpha value is -6.78. The minimum Gasteiger partial charge on any atom is -0.334 e. The SMILES string of the molecule is Cc1cc2c3c(c1)N(c1ccc(C(C)(C)C)cc1-c1ccccc1)c1cc4c(cc1B3c1ccc(N3c5ccc(C(C)(C)C)cc5C5(C)CC(C)(C)CC35C)cc1N2c1ccc(C(C)(C)C)cc1-c1ccccc1)CC(C)(C)C4. The van der Waals surface area contributed by atoms with E-state index in [1.54, 1.807) is 0 Å². The second-order valence-electron chi connectivity index (χ2n) is 29.9. The number of benzene rings is 8. The Morgan fingerprint density at radius 3 is 1.42 bits per heavy atom. The van der Waals surface area contributed by atoms with Crippen molar-refractivity contribution >= 4 is 68.6 Å². The Bertz CT molecular complexity index is 3800. The van der Waals surface area contributed by atoms with Crippen molar-refractivity contribution in [1.29, 1.82) is 0 Å². The predicted molar refractivity (Wildman–Crippen MR) is 341 cm³/mol. The van der Waals surface area contributed by atoms with Crippen LogP contribution in [0, 0.1) is 17.8 Å². The van der Waals surface area contributed by atoms with Crippen LogP contribution in [0.3, 0.4) is 0 Å². The summed E-state index contributed by atoms with van der Waals surface area (Å²) >= 11 is 0. The van der Waals surface area contributed by atoms with E-state index in [2.05, 4.69) is 283 Å². The molecule has 3 heterocycles. The van der Waals surface area contributed by atoms with Crippen molar-refractivity contribution < 1.29 is 0 Å². The molecule has 2 aliphatic carbocycles. The zero-order chi connectivity index (χ0) is 55.7. The van der Waals surface area contributed by atoms with Gasteiger partial charge in [-0.05, 0) is 194 Å². The summed E-state index contributed by atoms with van der Waals surface area (Å²) in [4.78, 5) is 8.20. The van der Waals surface area contributed by atoms with Crippen molar-refractivity contribution in [2.24, 2.45) is 10.8 Å². The second kappa shape index (κ2) is 17.1. The van der Waals surface area contributed by atoms with Gasteiger partial charge in [-0.1, -0.05) is 194 Å². The molecule has 3 aliphatic heterocycles. The van der Waals surface area contributed by atoms with Gasteiger partial charge in [-0.3, -0.25) is 0 Å². The molecule has 0 amide bonds. The Morgan fingerprint density at radius 2 is 0.899 bits per heavy atom. The molecule has 1 saturated carbocycles. The fourth-order valence-electron chi connectivity index (χ4n) is 15.8. The first-order valence-electron chi connectivity index (χ1n) is 29.5. The van der Waals surface area contributed by atoms with Crippen molar-refractivity contribution in [3.05, 3.63) is 197 Å². The number of nitrogens with zero attached hydrogens (tertiary/aromatic N) is 3. The number of anilines is 8. The van der Waals surface area contributed by atoms with Crippen LogP contribution in [0.4, 0.5) is 45.5 Å². The first kappa shape index (κ1) is 51.6. The summed E-state index contributed by atoms with van der Waals surface area (Å²) in [7, 11) is 0. The lowest BCUT2D eigenvalue weighted by atomic mass is 9.33. The lowest BCUT2D eigenvalue weighted by Gasteiger charge is -2.46. The monoisotopic (exact) mass is 1040 g/mol. The van der Waals surface area contributed by atoms with Gasteiger partial charge in [-0.25, -0.2) is 0 Å². The second-order valence-corrected chi connectivity index (χ2v) is 29.9. The van der Waals surface area contributed by atoms with Gasteiger partial charge in [-0.15, -0.1) is 0 Å². The molecule has 4 heteroatoms. The molecular formula is C75H82BN3. The highest BCUT2D eigenvalue weighted by Crippen LogP contribution is 2.67. The number of rotatable bonds is 5. The highest BCUT2D eigenvalue weighted by molar-refractivity contribution is 7.00. The highest BCUT2D eigenvalue weighted by Gasteiger charge is 2.64. The third-order valence-electron chi connectivity index (χ3n) is 19.5. The average Bonchev–Trinajstić information content (AvgIpc) is 3.20. The van der Waals surface area contributed by atoms with Gasteiger partial charge in [0.2, 0.25) is 0 Å². The smallest absolute Gasteiger partial charge is 0.252 e. The summed E-state index contributed by atoms with van der Waals surface area (Å²) < 4.78 is 0. The van der Waals surface area contributed by atoms with Crippen LogP contribution in [0.1, 0.15) is 156 Å². The number of hydrogen-bond acceptors (Lipinski definition) is 3. The maximum absolute atomic E-state index is 2.80. The molecule has 0 radical (unpaired) electrons. The molecule has 5 aliphatic rings. The normalized spacial score (nSPS) is 20.4. The highest BCUT2D eigenvalue weighted by atomic mass is 15.3. The van der Waals surface area contributed by atoms with Gasteiger partial charge in [0, 0.05) is 50.7 Å². The minimum absolute atomic E-state index is 0.0133.